The Labute approximate surface area is 117 Å². The molecule has 0 amide bonds. The molecule has 0 aromatic heterocycles. The van der Waals surface area contributed by atoms with Gasteiger partial charge in [-0.15, -0.1) is 0 Å². The van der Waals surface area contributed by atoms with Crippen molar-refractivity contribution in [1.82, 2.24) is 0 Å². The average molecular weight is 339 g/mol. The molecule has 1 nitrogen and oxygen atoms in total. The van der Waals surface area contributed by atoms with Crippen LogP contribution >= 0.6 is 11.9 Å². The van der Waals surface area contributed by atoms with E-state index in [0.717, 1.165) is 25.7 Å². The van der Waals surface area contributed by atoms with Crippen LogP contribution in [0.3, 0.4) is 0 Å². The molecule has 0 aliphatic heterocycles. The van der Waals surface area contributed by atoms with Crippen LogP contribution in [0, 0.1) is 0 Å². The Kier molecular flexibility index (Phi) is 14.2. The summed E-state index contributed by atoms with van der Waals surface area (Å²) in [6.07, 6.45) is 9.35. The molecule has 0 aliphatic carbocycles. The number of hydrogen-bond donors (Lipinski definition) is 0. The summed E-state index contributed by atoms with van der Waals surface area (Å²) in [5.41, 5.74) is -0.0394. The first-order valence-electron chi connectivity index (χ1n) is 6.04. The number of rotatable bonds is 9. The van der Waals surface area contributed by atoms with E-state index < -0.39 is 0 Å². The van der Waals surface area contributed by atoms with Crippen molar-refractivity contribution in [2.75, 3.05) is 0 Å². The van der Waals surface area contributed by atoms with E-state index in [1.165, 1.54) is 25.7 Å². The van der Waals surface area contributed by atoms with E-state index in [1.54, 1.807) is 0 Å². The molecular weight excluding hydrogens is 314 g/mol. The smallest absolute Gasteiger partial charge is 0.0897 e. The quantitative estimate of drug-likeness (QED) is 0.554. The monoisotopic (exact) mass is 340 g/mol. The first-order chi connectivity index (χ1) is 6.74. The average Bonchev–Trinajstić information content (AvgIpc) is 2.22. The molecule has 0 saturated carbocycles. The third-order valence-corrected chi connectivity index (χ3v) is 3.17. The van der Waals surface area contributed by atoms with Gasteiger partial charge in [0, 0.05) is 23.9 Å². The second-order valence-electron chi connectivity index (χ2n) is 4.22. The SMILES string of the molecule is CCCCC(CCC)(CCCC)OCl.[Sn]. The van der Waals surface area contributed by atoms with Gasteiger partial charge in [0.25, 0.3) is 0 Å². The third kappa shape index (κ3) is 7.87. The van der Waals surface area contributed by atoms with Gasteiger partial charge >= 0.3 is 0 Å². The minimum absolute atomic E-state index is 0. The first-order valence-corrected chi connectivity index (χ1v) is 6.35. The molecular formula is C12H25ClOSn. The standard InChI is InChI=1S/C12H25ClO.Sn/c1-4-7-10-12(14-13,9-6-3)11-8-5-2;/h4-11H2,1-3H3;. The fourth-order valence-corrected chi connectivity index (χ4v) is 2.18. The van der Waals surface area contributed by atoms with Crippen LogP contribution in [-0.4, -0.2) is 29.5 Å². The molecule has 0 saturated heterocycles. The van der Waals surface area contributed by atoms with Crippen LogP contribution in [-0.2, 0) is 4.29 Å². The van der Waals surface area contributed by atoms with Gasteiger partial charge in [0.2, 0.25) is 0 Å². The molecule has 4 radical (unpaired) electrons. The Hall–Kier alpha value is 1.05. The summed E-state index contributed by atoms with van der Waals surface area (Å²) in [5.74, 6) is 0. The minimum Gasteiger partial charge on any atom is -0.273 e. The van der Waals surface area contributed by atoms with Crippen LogP contribution in [0.5, 0.6) is 0 Å². The summed E-state index contributed by atoms with van der Waals surface area (Å²) in [6, 6.07) is 0. The zero-order valence-corrected chi connectivity index (χ0v) is 14.1. The summed E-state index contributed by atoms with van der Waals surface area (Å²) in [7, 11) is 0. The van der Waals surface area contributed by atoms with Crippen molar-refractivity contribution in [1.29, 1.82) is 0 Å². The number of hydrogen-bond acceptors (Lipinski definition) is 1. The Balaban J connectivity index is 0. The molecule has 0 heterocycles. The summed E-state index contributed by atoms with van der Waals surface area (Å²) < 4.78 is 5.25. The minimum atomic E-state index is -0.0394. The van der Waals surface area contributed by atoms with E-state index in [0.29, 0.717) is 0 Å². The first kappa shape index (κ1) is 18.4. The van der Waals surface area contributed by atoms with Crippen LogP contribution in [0.2, 0.25) is 0 Å². The molecule has 0 fully saturated rings. The number of unbranched alkanes of at least 4 members (excludes halogenated alkanes) is 2. The van der Waals surface area contributed by atoms with Gasteiger partial charge in [0.1, 0.15) is 0 Å². The third-order valence-electron chi connectivity index (χ3n) is 2.84. The molecule has 15 heavy (non-hydrogen) atoms. The zero-order valence-electron chi connectivity index (χ0n) is 10.4. The predicted octanol–water partition coefficient (Wildman–Crippen LogP) is 4.70. The zero-order chi connectivity index (χ0) is 10.9. The van der Waals surface area contributed by atoms with E-state index in [9.17, 15) is 0 Å². The van der Waals surface area contributed by atoms with Crippen LogP contribution in [0.1, 0.15) is 72.1 Å². The molecule has 0 aromatic carbocycles. The van der Waals surface area contributed by atoms with Crippen molar-refractivity contribution in [2.24, 2.45) is 0 Å². The summed E-state index contributed by atoms with van der Waals surface area (Å²) in [6.45, 7) is 6.62. The van der Waals surface area contributed by atoms with Crippen molar-refractivity contribution in [3.8, 4) is 0 Å². The molecule has 0 aliphatic rings. The molecule has 0 unspecified atom stereocenters. The Morgan fingerprint density at radius 3 is 1.60 bits per heavy atom. The van der Waals surface area contributed by atoms with Crippen molar-refractivity contribution in [2.45, 2.75) is 77.7 Å². The largest absolute Gasteiger partial charge is 0.273 e. The molecule has 0 N–H and O–H groups in total. The molecule has 90 valence electrons. The fourth-order valence-electron chi connectivity index (χ4n) is 1.94. The molecule has 0 atom stereocenters. The van der Waals surface area contributed by atoms with Crippen molar-refractivity contribution < 1.29 is 4.29 Å². The van der Waals surface area contributed by atoms with Gasteiger partial charge in [-0.25, -0.2) is 0 Å². The van der Waals surface area contributed by atoms with Crippen molar-refractivity contribution in [3.63, 3.8) is 0 Å². The van der Waals surface area contributed by atoms with Gasteiger partial charge in [0.05, 0.1) is 17.5 Å². The van der Waals surface area contributed by atoms with Crippen LogP contribution in [0.4, 0.5) is 0 Å². The van der Waals surface area contributed by atoms with Gasteiger partial charge in [-0.05, 0) is 19.3 Å². The summed E-state index contributed by atoms with van der Waals surface area (Å²) in [4.78, 5) is 0. The second kappa shape index (κ2) is 11.5. The van der Waals surface area contributed by atoms with Crippen molar-refractivity contribution >= 4 is 35.8 Å². The van der Waals surface area contributed by atoms with Gasteiger partial charge in [0.15, 0.2) is 0 Å². The number of halogens is 1. The van der Waals surface area contributed by atoms with Gasteiger partial charge in [-0.3, -0.25) is 4.29 Å². The van der Waals surface area contributed by atoms with Crippen LogP contribution in [0.25, 0.3) is 0 Å². The molecule has 0 rings (SSSR count). The topological polar surface area (TPSA) is 9.23 Å². The Morgan fingerprint density at radius 2 is 1.33 bits per heavy atom. The summed E-state index contributed by atoms with van der Waals surface area (Å²) >= 11 is 5.67. The van der Waals surface area contributed by atoms with E-state index in [2.05, 4.69) is 20.8 Å². The molecule has 0 bridgehead atoms. The Bertz CT molecular complexity index is 123. The maximum atomic E-state index is 5.67. The van der Waals surface area contributed by atoms with E-state index >= 15 is 0 Å². The second-order valence-corrected chi connectivity index (χ2v) is 4.37. The van der Waals surface area contributed by atoms with E-state index in [-0.39, 0.29) is 29.5 Å². The summed E-state index contributed by atoms with van der Waals surface area (Å²) in [5, 5.41) is 0. The van der Waals surface area contributed by atoms with E-state index in [1.807, 2.05) is 0 Å². The molecule has 0 aromatic rings. The van der Waals surface area contributed by atoms with E-state index in [4.69, 9.17) is 16.2 Å². The van der Waals surface area contributed by atoms with Crippen molar-refractivity contribution in [3.05, 3.63) is 0 Å². The molecule has 3 heteroatoms. The fraction of sp³-hybridized carbons (Fsp3) is 1.00. The maximum Gasteiger partial charge on any atom is 0.0897 e. The molecule has 0 spiro atoms. The Morgan fingerprint density at radius 1 is 0.867 bits per heavy atom. The maximum absolute atomic E-state index is 5.67. The van der Waals surface area contributed by atoms with Gasteiger partial charge in [-0.1, -0.05) is 52.9 Å². The van der Waals surface area contributed by atoms with Crippen LogP contribution in [0.15, 0.2) is 0 Å². The van der Waals surface area contributed by atoms with Crippen LogP contribution < -0.4 is 0 Å². The predicted molar refractivity (Wildman–Crippen MR) is 69.4 cm³/mol. The van der Waals surface area contributed by atoms with Gasteiger partial charge in [-0.2, -0.15) is 0 Å². The van der Waals surface area contributed by atoms with Gasteiger partial charge < -0.3 is 0 Å². The normalized spacial score (nSPS) is 11.2.